The van der Waals surface area contributed by atoms with E-state index in [0.29, 0.717) is 18.1 Å². The lowest BCUT2D eigenvalue weighted by atomic mass is 9.97. The molecule has 0 saturated carbocycles. The summed E-state index contributed by atoms with van der Waals surface area (Å²) in [6, 6.07) is 12.0. The fourth-order valence-electron chi connectivity index (χ4n) is 4.13. The summed E-state index contributed by atoms with van der Waals surface area (Å²) < 4.78 is 9.10. The first-order chi connectivity index (χ1) is 11.3. The molecular weight excluding hydrogens is 354 g/mol. The minimum atomic E-state index is 0.546. The van der Waals surface area contributed by atoms with Crippen molar-refractivity contribution in [2.24, 2.45) is 0 Å². The van der Waals surface area contributed by atoms with Crippen LogP contribution in [0.25, 0.3) is 0 Å². The van der Waals surface area contributed by atoms with E-state index in [1.165, 1.54) is 25.7 Å². The van der Waals surface area contributed by atoms with Crippen molar-refractivity contribution >= 4 is 15.9 Å². The Balaban J connectivity index is 1.33. The molecule has 2 saturated heterocycles. The van der Waals surface area contributed by atoms with Gasteiger partial charge in [0.25, 0.3) is 0 Å². The summed E-state index contributed by atoms with van der Waals surface area (Å²) in [4.78, 5) is 2.66. The van der Waals surface area contributed by atoms with Crippen molar-refractivity contribution in [1.29, 1.82) is 0 Å². The van der Waals surface area contributed by atoms with Gasteiger partial charge in [0.2, 0.25) is 0 Å². The number of aromatic nitrogens is 2. The van der Waals surface area contributed by atoms with Gasteiger partial charge < -0.3 is 4.74 Å². The zero-order chi connectivity index (χ0) is 15.6. The largest absolute Gasteiger partial charge is 0.492 e. The van der Waals surface area contributed by atoms with Crippen LogP contribution in [-0.2, 0) is 0 Å². The van der Waals surface area contributed by atoms with E-state index >= 15 is 0 Å². The molecule has 23 heavy (non-hydrogen) atoms. The van der Waals surface area contributed by atoms with E-state index in [4.69, 9.17) is 4.74 Å². The zero-order valence-corrected chi connectivity index (χ0v) is 14.7. The third-order valence-electron chi connectivity index (χ3n) is 5.16. The average Bonchev–Trinajstić information content (AvgIpc) is 3.09. The average molecular weight is 376 g/mol. The van der Waals surface area contributed by atoms with Crippen molar-refractivity contribution in [2.45, 2.75) is 43.8 Å². The summed E-state index contributed by atoms with van der Waals surface area (Å²) in [5.41, 5.74) is 0. The van der Waals surface area contributed by atoms with Gasteiger partial charge in [0.05, 0.1) is 16.7 Å². The first-order valence-corrected chi connectivity index (χ1v) is 9.22. The summed E-state index contributed by atoms with van der Waals surface area (Å²) in [6.07, 6.45) is 9.04. The van der Waals surface area contributed by atoms with Crippen LogP contribution in [0.1, 0.15) is 31.7 Å². The summed E-state index contributed by atoms with van der Waals surface area (Å²) in [7, 11) is 0. The monoisotopic (exact) mass is 375 g/mol. The van der Waals surface area contributed by atoms with Gasteiger partial charge in [0.15, 0.2) is 0 Å². The summed E-state index contributed by atoms with van der Waals surface area (Å²) in [5, 5.41) is 4.49. The number of benzene rings is 1. The molecule has 4 rings (SSSR count). The van der Waals surface area contributed by atoms with Gasteiger partial charge in [-0.3, -0.25) is 9.58 Å². The molecule has 3 heterocycles. The van der Waals surface area contributed by atoms with Crippen LogP contribution in [0.2, 0.25) is 0 Å². The Hall–Kier alpha value is -1.33. The minimum absolute atomic E-state index is 0.546. The summed E-state index contributed by atoms with van der Waals surface area (Å²) in [6.45, 7) is 1.80. The number of ether oxygens (including phenoxy) is 1. The first kappa shape index (κ1) is 15.2. The van der Waals surface area contributed by atoms with Crippen molar-refractivity contribution in [3.8, 4) is 5.75 Å². The highest BCUT2D eigenvalue weighted by molar-refractivity contribution is 9.10. The van der Waals surface area contributed by atoms with Crippen LogP contribution in [-0.4, -0.2) is 39.9 Å². The van der Waals surface area contributed by atoms with Crippen LogP contribution < -0.4 is 4.74 Å². The molecule has 2 unspecified atom stereocenters. The maximum Gasteiger partial charge on any atom is 0.119 e. The lowest BCUT2D eigenvalue weighted by Crippen LogP contribution is -2.45. The molecule has 0 aliphatic carbocycles. The second-order valence-electron chi connectivity index (χ2n) is 6.55. The Bertz CT molecular complexity index is 631. The third-order valence-corrected chi connectivity index (χ3v) is 5.57. The van der Waals surface area contributed by atoms with E-state index in [9.17, 15) is 0 Å². The Morgan fingerprint density at radius 3 is 2.48 bits per heavy atom. The van der Waals surface area contributed by atoms with Crippen molar-refractivity contribution in [2.75, 3.05) is 13.2 Å². The fraction of sp³-hybridized carbons (Fsp3) is 0.500. The van der Waals surface area contributed by atoms with E-state index in [1.807, 2.05) is 36.5 Å². The van der Waals surface area contributed by atoms with Crippen molar-refractivity contribution in [1.82, 2.24) is 14.7 Å². The van der Waals surface area contributed by atoms with Crippen molar-refractivity contribution in [3.63, 3.8) is 0 Å². The Kier molecular flexibility index (Phi) is 4.40. The van der Waals surface area contributed by atoms with Gasteiger partial charge in [-0.25, -0.2) is 0 Å². The number of halogens is 1. The quantitative estimate of drug-likeness (QED) is 0.793. The van der Waals surface area contributed by atoms with Crippen LogP contribution in [0.4, 0.5) is 0 Å². The molecule has 0 radical (unpaired) electrons. The number of fused-ring (bicyclic) bond motifs is 2. The van der Waals surface area contributed by atoms with Gasteiger partial charge in [-0.1, -0.05) is 18.2 Å². The van der Waals surface area contributed by atoms with Gasteiger partial charge in [0, 0.05) is 24.8 Å². The van der Waals surface area contributed by atoms with Crippen LogP contribution in [0, 0.1) is 0 Å². The van der Waals surface area contributed by atoms with Crippen LogP contribution in [0.3, 0.4) is 0 Å². The molecular formula is C18H22BrN3O. The predicted octanol–water partition coefficient (Wildman–Crippen LogP) is 3.89. The molecule has 122 valence electrons. The minimum Gasteiger partial charge on any atom is -0.492 e. The molecule has 2 aliphatic heterocycles. The molecule has 4 nitrogen and oxygen atoms in total. The molecule has 1 aromatic heterocycles. The normalized spacial score (nSPS) is 27.3. The fourth-order valence-corrected chi connectivity index (χ4v) is 4.43. The third kappa shape index (κ3) is 3.31. The Morgan fingerprint density at radius 2 is 1.83 bits per heavy atom. The van der Waals surface area contributed by atoms with Gasteiger partial charge in [-0.05, 0) is 53.7 Å². The zero-order valence-electron chi connectivity index (χ0n) is 13.1. The highest BCUT2D eigenvalue weighted by atomic mass is 79.9. The number of rotatable bonds is 5. The van der Waals surface area contributed by atoms with Gasteiger partial charge in [0.1, 0.15) is 12.4 Å². The van der Waals surface area contributed by atoms with E-state index in [1.54, 1.807) is 0 Å². The molecule has 0 spiro atoms. The molecule has 5 heteroatoms. The SMILES string of the molecule is Brc1cnn(C2CC3CCC(C2)N3CCOc2ccccc2)c1. The van der Waals surface area contributed by atoms with Gasteiger partial charge in [-0.15, -0.1) is 0 Å². The topological polar surface area (TPSA) is 30.3 Å². The lowest BCUT2D eigenvalue weighted by Gasteiger charge is -2.38. The molecule has 2 atom stereocenters. The second-order valence-corrected chi connectivity index (χ2v) is 7.46. The van der Waals surface area contributed by atoms with E-state index < -0.39 is 0 Å². The Labute approximate surface area is 145 Å². The van der Waals surface area contributed by atoms with Crippen LogP contribution >= 0.6 is 15.9 Å². The molecule has 0 N–H and O–H groups in total. The molecule has 2 bridgehead atoms. The Morgan fingerprint density at radius 1 is 1.09 bits per heavy atom. The number of hydrogen-bond donors (Lipinski definition) is 0. The lowest BCUT2D eigenvalue weighted by molar-refractivity contribution is 0.0861. The smallest absolute Gasteiger partial charge is 0.119 e. The molecule has 2 aliphatic rings. The van der Waals surface area contributed by atoms with E-state index in [2.05, 4.69) is 36.8 Å². The standard InChI is InChI=1S/C18H22BrN3O/c19-14-12-20-22(13-14)17-10-15-6-7-16(11-17)21(15)8-9-23-18-4-2-1-3-5-18/h1-5,12-13,15-17H,6-11H2. The summed E-state index contributed by atoms with van der Waals surface area (Å²) >= 11 is 3.50. The van der Waals surface area contributed by atoms with Crippen LogP contribution in [0.15, 0.2) is 47.2 Å². The number of piperidine rings is 1. The first-order valence-electron chi connectivity index (χ1n) is 8.43. The van der Waals surface area contributed by atoms with Crippen LogP contribution in [0.5, 0.6) is 5.75 Å². The van der Waals surface area contributed by atoms with Gasteiger partial charge in [-0.2, -0.15) is 5.10 Å². The molecule has 2 aromatic rings. The number of nitrogens with zero attached hydrogens (tertiary/aromatic N) is 3. The van der Waals surface area contributed by atoms with E-state index in [-0.39, 0.29) is 0 Å². The maximum atomic E-state index is 5.88. The number of para-hydroxylation sites is 1. The van der Waals surface area contributed by atoms with Crippen molar-refractivity contribution < 1.29 is 4.74 Å². The van der Waals surface area contributed by atoms with Gasteiger partial charge >= 0.3 is 0 Å². The highest BCUT2D eigenvalue weighted by Gasteiger charge is 2.41. The molecule has 1 aromatic carbocycles. The summed E-state index contributed by atoms with van der Waals surface area (Å²) in [5.74, 6) is 0.969. The molecule has 0 amide bonds. The molecule has 2 fully saturated rings. The van der Waals surface area contributed by atoms with E-state index in [0.717, 1.165) is 23.4 Å². The predicted molar refractivity (Wildman–Crippen MR) is 93.7 cm³/mol. The highest BCUT2D eigenvalue weighted by Crippen LogP contribution is 2.40. The second kappa shape index (κ2) is 6.65. The number of hydrogen-bond acceptors (Lipinski definition) is 3. The maximum absolute atomic E-state index is 5.88. The van der Waals surface area contributed by atoms with Crippen molar-refractivity contribution in [3.05, 3.63) is 47.2 Å².